The molecule has 1 saturated heterocycles. The zero-order chi connectivity index (χ0) is 10.6. The number of likely N-dealkylation sites (tertiary alicyclic amines) is 1. The molecule has 84 valence electrons. The largest absolute Gasteiger partial charge is 0.396 e. The van der Waals surface area contributed by atoms with Crippen molar-refractivity contribution in [3.05, 3.63) is 0 Å². The molecule has 2 N–H and O–H groups in total. The van der Waals surface area contributed by atoms with Crippen molar-refractivity contribution >= 4 is 0 Å². The summed E-state index contributed by atoms with van der Waals surface area (Å²) in [5.41, 5.74) is -0.550. The van der Waals surface area contributed by atoms with Crippen LogP contribution in [0.3, 0.4) is 0 Å². The minimum Gasteiger partial charge on any atom is -0.396 e. The molecule has 0 radical (unpaired) electrons. The lowest BCUT2D eigenvalue weighted by molar-refractivity contribution is 0.00352. The highest BCUT2D eigenvalue weighted by Crippen LogP contribution is 2.19. The molecule has 1 atom stereocenters. The van der Waals surface area contributed by atoms with Gasteiger partial charge in [0.1, 0.15) is 0 Å². The summed E-state index contributed by atoms with van der Waals surface area (Å²) in [4.78, 5) is 2.30. The molecule has 1 heterocycles. The molecule has 0 spiro atoms. The first kappa shape index (κ1) is 12.0. The second-order valence-corrected chi connectivity index (χ2v) is 4.75. The van der Waals surface area contributed by atoms with E-state index < -0.39 is 5.60 Å². The zero-order valence-electron chi connectivity index (χ0n) is 9.37. The Labute approximate surface area is 86.7 Å². The lowest BCUT2D eigenvalue weighted by atomic mass is 9.95. The molecule has 0 aromatic carbocycles. The first-order valence-corrected chi connectivity index (χ1v) is 5.63. The molecular formula is C11H23NO2. The number of hydrogen-bond donors (Lipinski definition) is 2. The molecule has 14 heavy (non-hydrogen) atoms. The van der Waals surface area contributed by atoms with Gasteiger partial charge in [-0.25, -0.2) is 0 Å². The van der Waals surface area contributed by atoms with Crippen molar-refractivity contribution in [2.75, 3.05) is 26.2 Å². The van der Waals surface area contributed by atoms with E-state index in [1.807, 2.05) is 13.8 Å². The maximum Gasteiger partial charge on any atom is 0.0743 e. The van der Waals surface area contributed by atoms with Crippen LogP contribution in [-0.4, -0.2) is 47.0 Å². The third-order valence-electron chi connectivity index (χ3n) is 3.29. The third-order valence-corrected chi connectivity index (χ3v) is 3.29. The Kier molecular flexibility index (Phi) is 4.35. The van der Waals surface area contributed by atoms with Gasteiger partial charge in [0.15, 0.2) is 0 Å². The van der Waals surface area contributed by atoms with Gasteiger partial charge in [0.2, 0.25) is 0 Å². The van der Waals surface area contributed by atoms with Crippen LogP contribution in [0.1, 0.15) is 33.1 Å². The van der Waals surface area contributed by atoms with Crippen LogP contribution < -0.4 is 0 Å². The summed E-state index contributed by atoms with van der Waals surface area (Å²) in [5.74, 6) is 0.484. The quantitative estimate of drug-likeness (QED) is 0.709. The molecule has 3 heteroatoms. The fraction of sp³-hybridized carbons (Fsp3) is 1.00. The number of aliphatic hydroxyl groups is 2. The van der Waals surface area contributed by atoms with Crippen LogP contribution in [0.4, 0.5) is 0 Å². The van der Waals surface area contributed by atoms with E-state index in [0.29, 0.717) is 12.5 Å². The van der Waals surface area contributed by atoms with E-state index in [9.17, 15) is 5.11 Å². The molecule has 0 bridgehead atoms. The highest BCUT2D eigenvalue weighted by Gasteiger charge is 2.25. The summed E-state index contributed by atoms with van der Waals surface area (Å²) in [5, 5.41) is 18.9. The standard InChI is InChI=1S/C11H23NO2/c1-3-11(2,14)9-12-6-4-10(8-13)5-7-12/h10,13-14H,3-9H2,1-2H3. The zero-order valence-corrected chi connectivity index (χ0v) is 9.37. The molecule has 1 aliphatic rings. The maximum absolute atomic E-state index is 9.91. The predicted octanol–water partition coefficient (Wildman–Crippen LogP) is 0.852. The smallest absolute Gasteiger partial charge is 0.0743 e. The third kappa shape index (κ3) is 3.56. The highest BCUT2D eigenvalue weighted by atomic mass is 16.3. The van der Waals surface area contributed by atoms with E-state index >= 15 is 0 Å². The van der Waals surface area contributed by atoms with Crippen LogP contribution in [0.15, 0.2) is 0 Å². The molecule has 1 fully saturated rings. The summed E-state index contributed by atoms with van der Waals surface area (Å²) in [6, 6.07) is 0. The van der Waals surface area contributed by atoms with E-state index in [1.54, 1.807) is 0 Å². The number of nitrogens with zero attached hydrogens (tertiary/aromatic N) is 1. The van der Waals surface area contributed by atoms with E-state index in [0.717, 1.165) is 38.9 Å². The summed E-state index contributed by atoms with van der Waals surface area (Å²) in [6.45, 7) is 7.02. The molecule has 0 aromatic rings. The summed E-state index contributed by atoms with van der Waals surface area (Å²) in [6.07, 6.45) is 2.93. The van der Waals surface area contributed by atoms with Crippen LogP contribution in [0.5, 0.6) is 0 Å². The number of aliphatic hydroxyl groups excluding tert-OH is 1. The van der Waals surface area contributed by atoms with Gasteiger partial charge in [-0.05, 0) is 45.2 Å². The van der Waals surface area contributed by atoms with Crippen LogP contribution in [-0.2, 0) is 0 Å². The second kappa shape index (κ2) is 5.10. The van der Waals surface area contributed by atoms with E-state index in [-0.39, 0.29) is 0 Å². The number of piperidine rings is 1. The lowest BCUT2D eigenvalue weighted by Gasteiger charge is -2.35. The summed E-state index contributed by atoms with van der Waals surface area (Å²) < 4.78 is 0. The molecule has 3 nitrogen and oxygen atoms in total. The molecule has 1 aliphatic heterocycles. The van der Waals surface area contributed by atoms with Crippen LogP contribution in [0.2, 0.25) is 0 Å². The fourth-order valence-electron chi connectivity index (χ4n) is 1.92. The Morgan fingerprint density at radius 3 is 2.36 bits per heavy atom. The van der Waals surface area contributed by atoms with E-state index in [1.165, 1.54) is 0 Å². The van der Waals surface area contributed by atoms with Crippen molar-refractivity contribution in [3.8, 4) is 0 Å². The van der Waals surface area contributed by atoms with Crippen molar-refractivity contribution in [2.45, 2.75) is 38.7 Å². The molecular weight excluding hydrogens is 178 g/mol. The molecule has 1 rings (SSSR count). The first-order chi connectivity index (χ1) is 6.57. The molecule has 0 saturated carbocycles. The van der Waals surface area contributed by atoms with Crippen molar-refractivity contribution < 1.29 is 10.2 Å². The number of rotatable bonds is 4. The summed E-state index contributed by atoms with van der Waals surface area (Å²) in [7, 11) is 0. The van der Waals surface area contributed by atoms with Gasteiger partial charge in [-0.2, -0.15) is 0 Å². The Hall–Kier alpha value is -0.120. The van der Waals surface area contributed by atoms with Crippen molar-refractivity contribution in [1.82, 2.24) is 4.90 Å². The minimum atomic E-state index is -0.550. The molecule has 0 aliphatic carbocycles. The van der Waals surface area contributed by atoms with Crippen molar-refractivity contribution in [2.24, 2.45) is 5.92 Å². The van der Waals surface area contributed by atoms with Crippen LogP contribution in [0, 0.1) is 5.92 Å². The average molecular weight is 201 g/mol. The minimum absolute atomic E-state index is 0.317. The normalized spacial score (nSPS) is 24.9. The van der Waals surface area contributed by atoms with E-state index in [4.69, 9.17) is 5.11 Å². The molecule has 0 amide bonds. The molecule has 0 aromatic heterocycles. The van der Waals surface area contributed by atoms with Gasteiger partial charge in [0.05, 0.1) is 5.60 Å². The van der Waals surface area contributed by atoms with Crippen LogP contribution >= 0.6 is 0 Å². The monoisotopic (exact) mass is 201 g/mol. The van der Waals surface area contributed by atoms with Gasteiger partial charge >= 0.3 is 0 Å². The van der Waals surface area contributed by atoms with E-state index in [2.05, 4.69) is 4.90 Å². The van der Waals surface area contributed by atoms with Gasteiger partial charge in [0, 0.05) is 13.2 Å². The Morgan fingerprint density at radius 1 is 1.36 bits per heavy atom. The Bertz CT molecular complexity index is 163. The van der Waals surface area contributed by atoms with Crippen molar-refractivity contribution in [3.63, 3.8) is 0 Å². The average Bonchev–Trinajstić information content (AvgIpc) is 2.19. The summed E-state index contributed by atoms with van der Waals surface area (Å²) >= 11 is 0. The first-order valence-electron chi connectivity index (χ1n) is 5.63. The van der Waals surface area contributed by atoms with Gasteiger partial charge in [0.25, 0.3) is 0 Å². The number of β-amino-alcohol motifs (C(OH)–C–C–N with tert-alkyl or cyclic N) is 1. The van der Waals surface area contributed by atoms with Gasteiger partial charge in [-0.3, -0.25) is 0 Å². The predicted molar refractivity (Wildman–Crippen MR) is 57.2 cm³/mol. The lowest BCUT2D eigenvalue weighted by Crippen LogP contribution is -2.44. The maximum atomic E-state index is 9.91. The number of hydrogen-bond acceptors (Lipinski definition) is 3. The second-order valence-electron chi connectivity index (χ2n) is 4.75. The topological polar surface area (TPSA) is 43.7 Å². The highest BCUT2D eigenvalue weighted by molar-refractivity contribution is 4.79. The Morgan fingerprint density at radius 2 is 1.93 bits per heavy atom. The van der Waals surface area contributed by atoms with Gasteiger partial charge < -0.3 is 15.1 Å². The van der Waals surface area contributed by atoms with Gasteiger partial charge in [-0.15, -0.1) is 0 Å². The SMILES string of the molecule is CCC(C)(O)CN1CCC(CO)CC1. The molecule has 1 unspecified atom stereocenters. The Balaban J connectivity index is 2.28. The van der Waals surface area contributed by atoms with Crippen molar-refractivity contribution in [1.29, 1.82) is 0 Å². The van der Waals surface area contributed by atoms with Crippen LogP contribution in [0.25, 0.3) is 0 Å². The van der Waals surface area contributed by atoms with Gasteiger partial charge in [-0.1, -0.05) is 6.92 Å². The fourth-order valence-corrected chi connectivity index (χ4v) is 1.92.